The van der Waals surface area contributed by atoms with Crippen LogP contribution < -0.4 is 15.4 Å². The highest BCUT2D eigenvalue weighted by Crippen LogP contribution is 2.29. The SMILES string of the molecule is COc1ccc(NC(C)=O)c(NC(=O)c2cc(C)n(-c3ccc(Cl)cc3)c2C)c1. The van der Waals surface area contributed by atoms with Crippen molar-refractivity contribution in [1.82, 2.24) is 4.57 Å². The van der Waals surface area contributed by atoms with E-state index in [1.165, 1.54) is 6.92 Å². The molecule has 2 N–H and O–H groups in total. The molecule has 0 atom stereocenters. The summed E-state index contributed by atoms with van der Waals surface area (Å²) >= 11 is 5.99. The minimum atomic E-state index is -0.279. The van der Waals surface area contributed by atoms with Crippen LogP contribution in [-0.4, -0.2) is 23.5 Å². The monoisotopic (exact) mass is 411 g/mol. The summed E-state index contributed by atoms with van der Waals surface area (Å²) in [5, 5.41) is 6.25. The molecule has 1 heterocycles. The van der Waals surface area contributed by atoms with Gasteiger partial charge in [-0.15, -0.1) is 0 Å². The van der Waals surface area contributed by atoms with Crippen molar-refractivity contribution < 1.29 is 14.3 Å². The van der Waals surface area contributed by atoms with Crippen LogP contribution in [0.2, 0.25) is 5.02 Å². The number of amides is 2. The quantitative estimate of drug-likeness (QED) is 0.622. The van der Waals surface area contributed by atoms with Crippen LogP contribution >= 0.6 is 11.6 Å². The standard InChI is InChI=1S/C22H22ClN3O3/c1-13-11-19(14(2)26(13)17-7-5-16(23)6-8-17)22(28)25-21-12-18(29-4)9-10-20(21)24-15(3)27/h5-12H,1-4H3,(H,24,27)(H,25,28). The fourth-order valence-corrected chi connectivity index (χ4v) is 3.35. The van der Waals surface area contributed by atoms with Crippen molar-refractivity contribution in [3.05, 3.63) is 70.5 Å². The van der Waals surface area contributed by atoms with Crippen molar-refractivity contribution in [2.45, 2.75) is 20.8 Å². The highest BCUT2D eigenvalue weighted by molar-refractivity contribution is 6.30. The molecule has 1 aromatic heterocycles. The average Bonchev–Trinajstić information content (AvgIpc) is 2.98. The van der Waals surface area contributed by atoms with Crippen LogP contribution in [0, 0.1) is 13.8 Å². The molecule has 7 heteroatoms. The molecule has 0 unspecified atom stereocenters. The molecule has 0 fully saturated rings. The van der Waals surface area contributed by atoms with Crippen molar-refractivity contribution in [2.75, 3.05) is 17.7 Å². The van der Waals surface area contributed by atoms with Crippen LogP contribution in [0.3, 0.4) is 0 Å². The average molecular weight is 412 g/mol. The normalized spacial score (nSPS) is 10.5. The number of methoxy groups -OCH3 is 1. The lowest BCUT2D eigenvalue weighted by Crippen LogP contribution is -2.16. The van der Waals surface area contributed by atoms with Gasteiger partial charge in [-0.2, -0.15) is 0 Å². The van der Waals surface area contributed by atoms with Gasteiger partial charge in [-0.25, -0.2) is 0 Å². The van der Waals surface area contributed by atoms with Gasteiger partial charge in [-0.1, -0.05) is 11.6 Å². The molecule has 0 aliphatic carbocycles. The fourth-order valence-electron chi connectivity index (χ4n) is 3.22. The van der Waals surface area contributed by atoms with E-state index in [0.29, 0.717) is 27.7 Å². The zero-order valence-corrected chi connectivity index (χ0v) is 17.4. The van der Waals surface area contributed by atoms with Gasteiger partial charge in [0.1, 0.15) is 5.75 Å². The van der Waals surface area contributed by atoms with Gasteiger partial charge < -0.3 is 19.9 Å². The predicted octanol–water partition coefficient (Wildman–Crippen LogP) is 4.97. The molecule has 0 aliphatic rings. The van der Waals surface area contributed by atoms with Crippen LogP contribution in [0.1, 0.15) is 28.7 Å². The van der Waals surface area contributed by atoms with Gasteiger partial charge in [0.25, 0.3) is 5.91 Å². The van der Waals surface area contributed by atoms with Crippen molar-refractivity contribution in [2.24, 2.45) is 0 Å². The third-order valence-electron chi connectivity index (χ3n) is 4.55. The van der Waals surface area contributed by atoms with E-state index in [2.05, 4.69) is 10.6 Å². The molecule has 2 amide bonds. The number of hydrogen-bond donors (Lipinski definition) is 2. The van der Waals surface area contributed by atoms with E-state index < -0.39 is 0 Å². The molecule has 0 saturated carbocycles. The maximum absolute atomic E-state index is 13.0. The second-order valence-electron chi connectivity index (χ2n) is 6.64. The molecule has 150 valence electrons. The van der Waals surface area contributed by atoms with Gasteiger partial charge in [-0.05, 0) is 56.3 Å². The summed E-state index contributed by atoms with van der Waals surface area (Å²) in [5.41, 5.74) is 4.13. The minimum Gasteiger partial charge on any atom is -0.497 e. The van der Waals surface area contributed by atoms with E-state index in [9.17, 15) is 9.59 Å². The van der Waals surface area contributed by atoms with E-state index in [0.717, 1.165) is 17.1 Å². The molecular weight excluding hydrogens is 390 g/mol. The number of aromatic nitrogens is 1. The highest BCUT2D eigenvalue weighted by atomic mass is 35.5. The van der Waals surface area contributed by atoms with E-state index in [4.69, 9.17) is 16.3 Å². The molecule has 2 aromatic carbocycles. The molecule has 29 heavy (non-hydrogen) atoms. The van der Waals surface area contributed by atoms with E-state index in [1.807, 2.05) is 48.7 Å². The van der Waals surface area contributed by atoms with Crippen LogP contribution in [0.4, 0.5) is 11.4 Å². The number of aryl methyl sites for hydroxylation is 1. The summed E-state index contributed by atoms with van der Waals surface area (Å²) < 4.78 is 7.23. The first-order chi connectivity index (χ1) is 13.8. The molecule has 3 aromatic rings. The van der Waals surface area contributed by atoms with Gasteiger partial charge in [0, 0.05) is 35.1 Å². The van der Waals surface area contributed by atoms with Crippen LogP contribution in [0.5, 0.6) is 5.75 Å². The number of nitrogens with one attached hydrogen (secondary N) is 2. The molecule has 0 saturated heterocycles. The molecule has 0 bridgehead atoms. The second-order valence-corrected chi connectivity index (χ2v) is 7.08. The number of rotatable bonds is 5. The smallest absolute Gasteiger partial charge is 0.257 e. The Morgan fingerprint density at radius 2 is 1.66 bits per heavy atom. The largest absolute Gasteiger partial charge is 0.497 e. The summed E-state index contributed by atoms with van der Waals surface area (Å²) in [6.07, 6.45) is 0. The molecule has 0 aliphatic heterocycles. The van der Waals surface area contributed by atoms with E-state index in [1.54, 1.807) is 25.3 Å². The lowest BCUT2D eigenvalue weighted by atomic mass is 10.2. The van der Waals surface area contributed by atoms with Crippen molar-refractivity contribution >= 4 is 34.8 Å². The zero-order chi connectivity index (χ0) is 21.1. The molecule has 3 rings (SSSR count). The Hall–Kier alpha value is -3.25. The van der Waals surface area contributed by atoms with Gasteiger partial charge >= 0.3 is 0 Å². The maximum Gasteiger partial charge on any atom is 0.257 e. The second kappa shape index (κ2) is 8.41. The Labute approximate surface area is 174 Å². The Morgan fingerprint density at radius 1 is 0.966 bits per heavy atom. The number of halogens is 1. The third kappa shape index (κ3) is 4.43. The molecule has 0 spiro atoms. The maximum atomic E-state index is 13.0. The topological polar surface area (TPSA) is 72.4 Å². The lowest BCUT2D eigenvalue weighted by Gasteiger charge is -2.13. The summed E-state index contributed by atoms with van der Waals surface area (Å²) in [4.78, 5) is 24.5. The molecule has 0 radical (unpaired) electrons. The first-order valence-electron chi connectivity index (χ1n) is 9.02. The van der Waals surface area contributed by atoms with Gasteiger partial charge in [0.2, 0.25) is 5.91 Å². The fraction of sp³-hybridized carbons (Fsp3) is 0.182. The summed E-state index contributed by atoms with van der Waals surface area (Å²) in [5.74, 6) is 0.0609. The van der Waals surface area contributed by atoms with Gasteiger partial charge in [0.05, 0.1) is 24.0 Å². The number of nitrogens with zero attached hydrogens (tertiary/aromatic N) is 1. The number of carbonyl (C=O) groups excluding carboxylic acids is 2. The zero-order valence-electron chi connectivity index (χ0n) is 16.7. The van der Waals surface area contributed by atoms with Crippen molar-refractivity contribution in [3.63, 3.8) is 0 Å². The summed E-state index contributed by atoms with van der Waals surface area (Å²) in [7, 11) is 1.54. The first kappa shape index (κ1) is 20.5. The number of hydrogen-bond acceptors (Lipinski definition) is 3. The van der Waals surface area contributed by atoms with Crippen LogP contribution in [0.15, 0.2) is 48.5 Å². The Kier molecular flexibility index (Phi) is 5.94. The van der Waals surface area contributed by atoms with E-state index >= 15 is 0 Å². The van der Waals surface area contributed by atoms with Crippen LogP contribution in [-0.2, 0) is 4.79 Å². The van der Waals surface area contributed by atoms with E-state index in [-0.39, 0.29) is 11.8 Å². The number of ether oxygens (including phenoxy) is 1. The van der Waals surface area contributed by atoms with Gasteiger partial charge in [-0.3, -0.25) is 9.59 Å². The highest BCUT2D eigenvalue weighted by Gasteiger charge is 2.18. The number of carbonyl (C=O) groups is 2. The Balaban J connectivity index is 1.95. The number of benzene rings is 2. The van der Waals surface area contributed by atoms with Crippen LogP contribution in [0.25, 0.3) is 5.69 Å². The van der Waals surface area contributed by atoms with Gasteiger partial charge in [0.15, 0.2) is 0 Å². The Morgan fingerprint density at radius 3 is 2.28 bits per heavy atom. The summed E-state index contributed by atoms with van der Waals surface area (Å²) in [6.45, 7) is 5.24. The lowest BCUT2D eigenvalue weighted by molar-refractivity contribution is -0.114. The van der Waals surface area contributed by atoms with Crippen molar-refractivity contribution in [1.29, 1.82) is 0 Å². The minimum absolute atomic E-state index is 0.230. The Bertz CT molecular complexity index is 1070. The molecular formula is C22H22ClN3O3. The predicted molar refractivity (Wildman–Crippen MR) is 116 cm³/mol. The number of anilines is 2. The summed E-state index contributed by atoms with van der Waals surface area (Å²) in [6, 6.07) is 14.3. The third-order valence-corrected chi connectivity index (χ3v) is 4.80. The van der Waals surface area contributed by atoms with Crippen molar-refractivity contribution in [3.8, 4) is 11.4 Å². The molecule has 6 nitrogen and oxygen atoms in total. The first-order valence-corrected chi connectivity index (χ1v) is 9.40.